The Balaban J connectivity index is 1.43. The molecule has 9 heteroatoms. The third kappa shape index (κ3) is 3.49. The smallest absolute Gasteiger partial charge is 0.338 e. The molecule has 4 heterocycles. The van der Waals surface area contributed by atoms with Crippen LogP contribution in [-0.2, 0) is 19.9 Å². The molecule has 3 aromatic carbocycles. The summed E-state index contributed by atoms with van der Waals surface area (Å²) in [6.45, 7) is 6.15. The number of anilines is 1. The summed E-state index contributed by atoms with van der Waals surface area (Å²) >= 11 is 0. The number of esters is 1. The molecule has 3 aliphatic heterocycles. The molecule has 0 radical (unpaired) electrons. The third-order valence-electron chi connectivity index (χ3n) is 8.72. The van der Waals surface area contributed by atoms with Crippen molar-refractivity contribution in [2.45, 2.75) is 38.8 Å². The second-order valence-electron chi connectivity index (χ2n) is 11.6. The van der Waals surface area contributed by atoms with Gasteiger partial charge in [-0.05, 0) is 61.7 Å². The van der Waals surface area contributed by atoms with E-state index in [0.29, 0.717) is 40.1 Å². The summed E-state index contributed by atoms with van der Waals surface area (Å²) < 4.78 is 6.69. The van der Waals surface area contributed by atoms with Crippen molar-refractivity contribution in [2.24, 2.45) is 17.8 Å². The number of ether oxygens (including phenoxy) is 1. The van der Waals surface area contributed by atoms with Crippen molar-refractivity contribution in [3.05, 3.63) is 100 Å². The number of hydrogen-bond donors (Lipinski definition) is 1. The molecule has 9 nitrogen and oxygen atoms in total. The topological polar surface area (TPSA) is 111 Å². The largest absolute Gasteiger partial charge is 0.462 e. The maximum atomic E-state index is 14.5. The standard InChI is InChI=1S/C33H30N4O5/c1-4-42-31(41)19-13-15-20(16-14-19)36-29(39)26-24(17-18(2)3)35-33(27(26)30(36)40)22-10-6-8-12-25(22)37-28(38)21-9-5-7-11-23(21)34-32(33)37/h5-16,18,24,26-27,35H,4,17H2,1-3H3/t24-,26-,27-,33+/m1/s1. The number of aromatic nitrogens is 2. The molecule has 42 heavy (non-hydrogen) atoms. The van der Waals surface area contributed by atoms with E-state index in [-0.39, 0.29) is 35.9 Å². The maximum Gasteiger partial charge on any atom is 0.338 e. The summed E-state index contributed by atoms with van der Waals surface area (Å²) in [6.07, 6.45) is 0.650. The summed E-state index contributed by atoms with van der Waals surface area (Å²) in [5.41, 5.74) is 1.28. The van der Waals surface area contributed by atoms with E-state index in [0.717, 1.165) is 5.56 Å². The van der Waals surface area contributed by atoms with Gasteiger partial charge in [0.05, 0.1) is 46.3 Å². The van der Waals surface area contributed by atoms with Gasteiger partial charge in [-0.2, -0.15) is 0 Å². The van der Waals surface area contributed by atoms with Crippen molar-refractivity contribution < 1.29 is 19.1 Å². The molecule has 2 saturated heterocycles. The molecule has 4 atom stereocenters. The van der Waals surface area contributed by atoms with E-state index in [2.05, 4.69) is 19.2 Å². The van der Waals surface area contributed by atoms with Crippen molar-refractivity contribution >= 4 is 34.4 Å². The number of rotatable bonds is 5. The highest BCUT2D eigenvalue weighted by Gasteiger charge is 2.69. The highest BCUT2D eigenvalue weighted by molar-refractivity contribution is 6.23. The fourth-order valence-corrected chi connectivity index (χ4v) is 7.14. The van der Waals surface area contributed by atoms with Crippen molar-refractivity contribution in [3.63, 3.8) is 0 Å². The second-order valence-corrected chi connectivity index (χ2v) is 11.6. The van der Waals surface area contributed by atoms with Gasteiger partial charge in [-0.3, -0.25) is 24.3 Å². The summed E-state index contributed by atoms with van der Waals surface area (Å²) in [6, 6.07) is 20.7. The number of amides is 2. The molecule has 0 saturated carbocycles. The lowest BCUT2D eigenvalue weighted by Crippen LogP contribution is -2.50. The van der Waals surface area contributed by atoms with Crippen LogP contribution in [0.1, 0.15) is 48.9 Å². The molecule has 4 aromatic rings. The molecule has 0 unspecified atom stereocenters. The molecular weight excluding hydrogens is 532 g/mol. The predicted octanol–water partition coefficient (Wildman–Crippen LogP) is 3.94. The number of hydrogen-bond acceptors (Lipinski definition) is 7. The first-order chi connectivity index (χ1) is 20.3. The molecule has 1 N–H and O–H groups in total. The van der Waals surface area contributed by atoms with Gasteiger partial charge in [-0.1, -0.05) is 44.2 Å². The van der Waals surface area contributed by atoms with Crippen LogP contribution in [0.4, 0.5) is 5.69 Å². The average Bonchev–Trinajstić information content (AvgIpc) is 3.56. The fraction of sp³-hybridized carbons (Fsp3) is 0.303. The van der Waals surface area contributed by atoms with E-state index < -0.39 is 23.3 Å². The number of fused-ring (bicyclic) bond motifs is 8. The Bertz CT molecular complexity index is 1850. The number of benzene rings is 3. The molecule has 0 bridgehead atoms. The van der Waals surface area contributed by atoms with Gasteiger partial charge in [0.2, 0.25) is 11.8 Å². The Morgan fingerprint density at radius 3 is 2.43 bits per heavy atom. The Hall–Kier alpha value is -4.63. The number of nitrogens with zero attached hydrogens (tertiary/aromatic N) is 3. The first-order valence-corrected chi connectivity index (χ1v) is 14.3. The molecule has 3 aliphatic rings. The molecule has 7 rings (SSSR count). The number of carbonyl (C=O) groups excluding carboxylic acids is 3. The molecular formula is C33H30N4O5. The number of carbonyl (C=O) groups is 3. The van der Waals surface area contributed by atoms with Gasteiger partial charge in [0.1, 0.15) is 11.4 Å². The predicted molar refractivity (Wildman–Crippen MR) is 156 cm³/mol. The van der Waals surface area contributed by atoms with Gasteiger partial charge in [0.15, 0.2) is 0 Å². The molecule has 1 spiro atoms. The highest BCUT2D eigenvalue weighted by Crippen LogP contribution is 2.56. The Labute approximate surface area is 242 Å². The molecule has 1 aromatic heterocycles. The fourth-order valence-electron chi connectivity index (χ4n) is 7.14. The number of para-hydroxylation sites is 2. The van der Waals surface area contributed by atoms with Crippen LogP contribution >= 0.6 is 0 Å². The van der Waals surface area contributed by atoms with Gasteiger partial charge in [-0.25, -0.2) is 14.7 Å². The summed E-state index contributed by atoms with van der Waals surface area (Å²) in [4.78, 5) is 61.2. The highest BCUT2D eigenvalue weighted by atomic mass is 16.5. The van der Waals surface area contributed by atoms with E-state index in [1.54, 1.807) is 47.9 Å². The Morgan fingerprint density at radius 2 is 1.69 bits per heavy atom. The van der Waals surface area contributed by atoms with Crippen LogP contribution in [0.15, 0.2) is 77.6 Å². The number of imide groups is 1. The zero-order valence-electron chi connectivity index (χ0n) is 23.5. The Kier molecular flexibility index (Phi) is 5.92. The molecule has 2 amide bonds. The van der Waals surface area contributed by atoms with Gasteiger partial charge in [-0.15, -0.1) is 0 Å². The van der Waals surface area contributed by atoms with Crippen molar-refractivity contribution in [2.75, 3.05) is 11.5 Å². The molecule has 212 valence electrons. The van der Waals surface area contributed by atoms with Crippen LogP contribution in [0.2, 0.25) is 0 Å². The Morgan fingerprint density at radius 1 is 0.976 bits per heavy atom. The van der Waals surface area contributed by atoms with Crippen molar-refractivity contribution in [3.8, 4) is 5.69 Å². The van der Waals surface area contributed by atoms with Crippen molar-refractivity contribution in [1.29, 1.82) is 0 Å². The zero-order valence-corrected chi connectivity index (χ0v) is 23.5. The lowest BCUT2D eigenvalue weighted by molar-refractivity contribution is -0.123. The van der Waals surface area contributed by atoms with Crippen molar-refractivity contribution in [1.82, 2.24) is 14.9 Å². The van der Waals surface area contributed by atoms with Crippen LogP contribution in [0.25, 0.3) is 16.6 Å². The maximum absolute atomic E-state index is 14.5. The summed E-state index contributed by atoms with van der Waals surface area (Å²) in [7, 11) is 0. The number of nitrogens with one attached hydrogen (secondary N) is 1. The zero-order chi connectivity index (χ0) is 29.3. The summed E-state index contributed by atoms with van der Waals surface area (Å²) in [5.74, 6) is -1.98. The van der Waals surface area contributed by atoms with Crippen LogP contribution < -0.4 is 15.8 Å². The van der Waals surface area contributed by atoms with Gasteiger partial charge in [0, 0.05) is 11.6 Å². The van der Waals surface area contributed by atoms with Crippen LogP contribution in [-0.4, -0.2) is 40.0 Å². The van der Waals surface area contributed by atoms with E-state index in [4.69, 9.17) is 9.72 Å². The van der Waals surface area contributed by atoms with Crippen LogP contribution in [0.3, 0.4) is 0 Å². The molecule has 0 aliphatic carbocycles. The lowest BCUT2D eigenvalue weighted by Gasteiger charge is -2.32. The van der Waals surface area contributed by atoms with E-state index >= 15 is 0 Å². The first-order valence-electron chi connectivity index (χ1n) is 14.3. The summed E-state index contributed by atoms with van der Waals surface area (Å²) in [5, 5.41) is 4.21. The third-order valence-corrected chi connectivity index (χ3v) is 8.72. The van der Waals surface area contributed by atoms with Gasteiger partial charge in [0.25, 0.3) is 5.56 Å². The van der Waals surface area contributed by atoms with Crippen LogP contribution in [0.5, 0.6) is 0 Å². The lowest BCUT2D eigenvalue weighted by atomic mass is 9.75. The van der Waals surface area contributed by atoms with Gasteiger partial charge < -0.3 is 4.74 Å². The minimum atomic E-state index is -1.18. The normalized spacial score (nSPS) is 24.0. The minimum absolute atomic E-state index is 0.214. The quantitative estimate of drug-likeness (QED) is 0.290. The van der Waals surface area contributed by atoms with E-state index in [1.165, 1.54) is 4.90 Å². The first kappa shape index (κ1) is 26.3. The average molecular weight is 563 g/mol. The minimum Gasteiger partial charge on any atom is -0.462 e. The monoisotopic (exact) mass is 562 g/mol. The van der Waals surface area contributed by atoms with E-state index in [9.17, 15) is 19.2 Å². The van der Waals surface area contributed by atoms with Gasteiger partial charge >= 0.3 is 5.97 Å². The van der Waals surface area contributed by atoms with E-state index in [1.807, 2.05) is 36.4 Å². The molecule has 2 fully saturated rings. The SMILES string of the molecule is CCOC(=O)c1ccc(N2C(=O)[C@@H]3[C@@H](CC(C)C)N[C@@]4(c5ccccc5-n5c4nc4ccccc4c5=O)[C@H]3C2=O)cc1. The second kappa shape index (κ2) is 9.46. The van der Waals surface area contributed by atoms with Crippen LogP contribution in [0, 0.1) is 17.8 Å².